The maximum atomic E-state index is 11.7. The minimum absolute atomic E-state index is 0.288. The van der Waals surface area contributed by atoms with Crippen molar-refractivity contribution in [3.63, 3.8) is 0 Å². The number of nitrogens with one attached hydrogen (secondary N) is 1. The molecule has 1 aromatic heterocycles. The number of sulfone groups is 1. The molecule has 0 unspecified atom stereocenters. The Morgan fingerprint density at radius 1 is 1.40 bits per heavy atom. The molecule has 0 radical (unpaired) electrons. The Labute approximate surface area is 121 Å². The van der Waals surface area contributed by atoms with Crippen LogP contribution < -0.4 is 5.32 Å². The maximum absolute atomic E-state index is 11.7. The van der Waals surface area contributed by atoms with E-state index >= 15 is 0 Å². The SMILES string of the molecule is CCCN1CCC(Nc2ncccc2S(C)(=O)=O)CC1. The number of anilines is 1. The summed E-state index contributed by atoms with van der Waals surface area (Å²) in [6.45, 7) is 5.46. The molecule has 5 nitrogen and oxygen atoms in total. The van der Waals surface area contributed by atoms with Crippen molar-refractivity contribution in [2.24, 2.45) is 0 Å². The molecule has 0 amide bonds. The molecule has 6 heteroatoms. The molecule has 0 aliphatic carbocycles. The Hall–Kier alpha value is -1.14. The molecule has 0 aromatic carbocycles. The van der Waals surface area contributed by atoms with E-state index in [-0.39, 0.29) is 4.90 Å². The van der Waals surface area contributed by atoms with Gasteiger partial charge in [-0.15, -0.1) is 0 Å². The summed E-state index contributed by atoms with van der Waals surface area (Å²) in [5.41, 5.74) is 0. The van der Waals surface area contributed by atoms with Crippen molar-refractivity contribution in [2.75, 3.05) is 31.2 Å². The number of piperidine rings is 1. The molecule has 1 aliphatic heterocycles. The Bertz CT molecular complexity index is 537. The van der Waals surface area contributed by atoms with Crippen LogP contribution in [0.1, 0.15) is 26.2 Å². The molecule has 0 bridgehead atoms. The zero-order chi connectivity index (χ0) is 14.6. The van der Waals surface area contributed by atoms with Gasteiger partial charge < -0.3 is 10.2 Å². The second kappa shape index (κ2) is 6.54. The molecule has 112 valence electrons. The normalized spacial score (nSPS) is 18.1. The van der Waals surface area contributed by atoms with Crippen molar-refractivity contribution in [1.29, 1.82) is 0 Å². The zero-order valence-corrected chi connectivity index (χ0v) is 13.0. The lowest BCUT2D eigenvalue weighted by molar-refractivity contribution is 0.219. The molecule has 0 saturated carbocycles. The largest absolute Gasteiger partial charge is 0.366 e. The minimum atomic E-state index is -3.24. The molecule has 0 atom stereocenters. The van der Waals surface area contributed by atoms with Gasteiger partial charge in [0.05, 0.1) is 0 Å². The van der Waals surface area contributed by atoms with Crippen LogP contribution >= 0.6 is 0 Å². The minimum Gasteiger partial charge on any atom is -0.366 e. The standard InChI is InChI=1S/C14H23N3O2S/c1-3-9-17-10-6-12(7-11-17)16-14-13(20(2,18)19)5-4-8-15-14/h4-5,8,12H,3,6-7,9-11H2,1-2H3,(H,15,16). The van der Waals surface area contributed by atoms with E-state index in [2.05, 4.69) is 22.1 Å². The molecule has 1 N–H and O–H groups in total. The van der Waals surface area contributed by atoms with Crippen molar-refractivity contribution in [3.05, 3.63) is 18.3 Å². The summed E-state index contributed by atoms with van der Waals surface area (Å²) in [4.78, 5) is 6.93. The lowest BCUT2D eigenvalue weighted by atomic mass is 10.0. The van der Waals surface area contributed by atoms with Crippen molar-refractivity contribution in [1.82, 2.24) is 9.88 Å². The van der Waals surface area contributed by atoms with Crippen molar-refractivity contribution in [3.8, 4) is 0 Å². The van der Waals surface area contributed by atoms with E-state index in [4.69, 9.17) is 0 Å². The van der Waals surface area contributed by atoms with Gasteiger partial charge in [0, 0.05) is 31.6 Å². The van der Waals surface area contributed by atoms with Crippen LogP contribution in [0.2, 0.25) is 0 Å². The van der Waals surface area contributed by atoms with Gasteiger partial charge in [-0.1, -0.05) is 6.92 Å². The third kappa shape index (κ3) is 3.93. The van der Waals surface area contributed by atoms with E-state index < -0.39 is 9.84 Å². The summed E-state index contributed by atoms with van der Waals surface area (Å²) in [7, 11) is -3.24. The molecule has 1 saturated heterocycles. The maximum Gasteiger partial charge on any atom is 0.179 e. The molecule has 1 aromatic rings. The fraction of sp³-hybridized carbons (Fsp3) is 0.643. The number of aromatic nitrogens is 1. The van der Waals surface area contributed by atoms with E-state index in [1.54, 1.807) is 18.3 Å². The number of hydrogen-bond acceptors (Lipinski definition) is 5. The van der Waals surface area contributed by atoms with Crippen LogP contribution in [0.4, 0.5) is 5.82 Å². The molecule has 1 aliphatic rings. The van der Waals surface area contributed by atoms with Gasteiger partial charge in [0.15, 0.2) is 9.84 Å². The number of hydrogen-bond donors (Lipinski definition) is 1. The monoisotopic (exact) mass is 297 g/mol. The molecule has 2 rings (SSSR count). The second-order valence-electron chi connectivity index (χ2n) is 5.38. The van der Waals surface area contributed by atoms with Gasteiger partial charge in [0.1, 0.15) is 10.7 Å². The average Bonchev–Trinajstić information content (AvgIpc) is 2.41. The predicted octanol–water partition coefficient (Wildman–Crippen LogP) is 1.77. The van der Waals surface area contributed by atoms with Crippen molar-refractivity contribution >= 4 is 15.7 Å². The highest BCUT2D eigenvalue weighted by atomic mass is 32.2. The molecule has 20 heavy (non-hydrogen) atoms. The van der Waals surface area contributed by atoms with Crippen LogP contribution in [0.15, 0.2) is 23.2 Å². The van der Waals surface area contributed by atoms with Gasteiger partial charge in [-0.25, -0.2) is 13.4 Å². The lowest BCUT2D eigenvalue weighted by Gasteiger charge is -2.32. The third-order valence-corrected chi connectivity index (χ3v) is 4.77. The smallest absolute Gasteiger partial charge is 0.179 e. The number of nitrogens with zero attached hydrogens (tertiary/aromatic N) is 2. The fourth-order valence-corrected chi connectivity index (χ4v) is 3.40. The predicted molar refractivity (Wildman–Crippen MR) is 80.7 cm³/mol. The summed E-state index contributed by atoms with van der Waals surface area (Å²) in [5, 5.41) is 3.30. The van der Waals surface area contributed by atoms with Gasteiger partial charge in [0.25, 0.3) is 0 Å². The van der Waals surface area contributed by atoms with Crippen LogP contribution in [-0.4, -0.2) is 50.2 Å². The van der Waals surface area contributed by atoms with Gasteiger partial charge in [-0.3, -0.25) is 0 Å². The van der Waals surface area contributed by atoms with Gasteiger partial charge in [-0.05, 0) is 37.9 Å². The quantitative estimate of drug-likeness (QED) is 0.897. The third-order valence-electron chi connectivity index (χ3n) is 3.64. The Kier molecular flexibility index (Phi) is 4.99. The van der Waals surface area contributed by atoms with Crippen molar-refractivity contribution in [2.45, 2.75) is 37.1 Å². The fourth-order valence-electron chi connectivity index (χ4n) is 2.61. The average molecular weight is 297 g/mol. The lowest BCUT2D eigenvalue weighted by Crippen LogP contribution is -2.39. The first-order chi connectivity index (χ1) is 9.50. The molecular weight excluding hydrogens is 274 g/mol. The van der Waals surface area contributed by atoms with Crippen molar-refractivity contribution < 1.29 is 8.42 Å². The topological polar surface area (TPSA) is 62.3 Å². The summed E-state index contributed by atoms with van der Waals surface area (Å²) < 4.78 is 23.5. The van der Waals surface area contributed by atoms with Gasteiger partial charge in [0.2, 0.25) is 0 Å². The van der Waals surface area contributed by atoms with E-state index in [9.17, 15) is 8.42 Å². The second-order valence-corrected chi connectivity index (χ2v) is 7.37. The number of pyridine rings is 1. The Morgan fingerprint density at radius 3 is 2.70 bits per heavy atom. The van der Waals surface area contributed by atoms with Crippen LogP contribution in [-0.2, 0) is 9.84 Å². The molecule has 2 heterocycles. The number of rotatable bonds is 5. The summed E-state index contributed by atoms with van der Waals surface area (Å²) in [5.74, 6) is 0.490. The highest BCUT2D eigenvalue weighted by Crippen LogP contribution is 2.21. The Balaban J connectivity index is 2.02. The van der Waals surface area contributed by atoms with Crippen LogP contribution in [0, 0.1) is 0 Å². The highest BCUT2D eigenvalue weighted by Gasteiger charge is 2.21. The van der Waals surface area contributed by atoms with E-state index in [0.717, 1.165) is 32.5 Å². The van der Waals surface area contributed by atoms with E-state index in [0.29, 0.717) is 11.9 Å². The first kappa shape index (κ1) is 15.3. The Morgan fingerprint density at radius 2 is 2.10 bits per heavy atom. The van der Waals surface area contributed by atoms with Crippen LogP contribution in [0.3, 0.4) is 0 Å². The zero-order valence-electron chi connectivity index (χ0n) is 12.2. The van der Waals surface area contributed by atoms with Gasteiger partial charge in [-0.2, -0.15) is 0 Å². The van der Waals surface area contributed by atoms with E-state index in [1.807, 2.05) is 0 Å². The number of likely N-dealkylation sites (tertiary alicyclic amines) is 1. The van der Waals surface area contributed by atoms with E-state index in [1.165, 1.54) is 12.7 Å². The molecule has 1 fully saturated rings. The first-order valence-corrected chi connectivity index (χ1v) is 9.04. The molecular formula is C14H23N3O2S. The summed E-state index contributed by atoms with van der Waals surface area (Å²) >= 11 is 0. The van der Waals surface area contributed by atoms with Gasteiger partial charge >= 0.3 is 0 Å². The summed E-state index contributed by atoms with van der Waals surface area (Å²) in [6.07, 6.45) is 6.08. The van der Waals surface area contributed by atoms with Crippen LogP contribution in [0.25, 0.3) is 0 Å². The van der Waals surface area contributed by atoms with Crippen LogP contribution in [0.5, 0.6) is 0 Å². The molecule has 0 spiro atoms. The first-order valence-electron chi connectivity index (χ1n) is 7.14. The summed E-state index contributed by atoms with van der Waals surface area (Å²) in [6, 6.07) is 3.57. The highest BCUT2D eigenvalue weighted by molar-refractivity contribution is 7.90.